The fourth-order valence-corrected chi connectivity index (χ4v) is 7.41. The van der Waals surface area contributed by atoms with Gasteiger partial charge < -0.3 is 15.2 Å². The van der Waals surface area contributed by atoms with Crippen LogP contribution in [0, 0.1) is 5.82 Å². The molecule has 1 aromatic heterocycles. The molecule has 0 unspecified atom stereocenters. The highest BCUT2D eigenvalue weighted by Crippen LogP contribution is 2.43. The number of hydrogen-bond acceptors (Lipinski definition) is 6. The molecule has 0 spiro atoms. The van der Waals surface area contributed by atoms with Crippen molar-refractivity contribution in [1.82, 2.24) is 4.98 Å². The molecule has 2 fully saturated rings. The van der Waals surface area contributed by atoms with Gasteiger partial charge in [0.05, 0.1) is 35.9 Å². The lowest BCUT2D eigenvalue weighted by Gasteiger charge is -2.35. The van der Waals surface area contributed by atoms with Gasteiger partial charge in [-0.1, -0.05) is 18.2 Å². The van der Waals surface area contributed by atoms with Crippen LogP contribution in [0.1, 0.15) is 61.8 Å². The van der Waals surface area contributed by atoms with E-state index in [-0.39, 0.29) is 24.4 Å². The van der Waals surface area contributed by atoms with E-state index in [9.17, 15) is 22.5 Å². The van der Waals surface area contributed by atoms with Crippen LogP contribution < -0.4 is 10.1 Å². The molecule has 198 valence electrons. The fraction of sp³-hybridized carbons (Fsp3) is 0.444. The lowest BCUT2D eigenvalue weighted by atomic mass is 9.86. The van der Waals surface area contributed by atoms with Gasteiger partial charge >= 0.3 is 0 Å². The molecular formula is C27H30F3N3O3S. The van der Waals surface area contributed by atoms with E-state index < -0.39 is 39.2 Å². The lowest BCUT2D eigenvalue weighted by molar-refractivity contribution is 0.0247. The van der Waals surface area contributed by atoms with E-state index in [1.165, 1.54) is 19.2 Å². The summed E-state index contributed by atoms with van der Waals surface area (Å²) in [5.74, 6) is 0.164. The fourth-order valence-electron chi connectivity index (χ4n) is 4.92. The number of rotatable bonds is 7. The smallest absolute Gasteiger partial charge is 0.266 e. The second-order valence-corrected chi connectivity index (χ2v) is 12.5. The molecule has 5 rings (SSSR count). The highest BCUT2D eigenvalue weighted by atomic mass is 32.2. The predicted molar refractivity (Wildman–Crippen MR) is 138 cm³/mol. The summed E-state index contributed by atoms with van der Waals surface area (Å²) < 4.78 is 64.5. The van der Waals surface area contributed by atoms with Crippen LogP contribution in [0.2, 0.25) is 0 Å². The number of nitrogens with one attached hydrogen (secondary N) is 1. The van der Waals surface area contributed by atoms with Crippen molar-refractivity contribution in [2.45, 2.75) is 56.7 Å². The molecule has 1 atom stereocenters. The minimum absolute atomic E-state index is 0.122. The maximum atomic E-state index is 14.8. The monoisotopic (exact) mass is 533 g/mol. The standard InChI is InChI=1S/C27H30F3N3O3S/c1-16(18-4-3-5-19(25(18)28)26(29)30)32-22-8-11-31-23-15-24(36-2)21(14-20(22)23)27(34)9-12-37(35,13-10-27)33-17-6-7-17/h3-5,8,11,14-17,26,34H,6-7,9-10,12-13H2,1-2H3,(H,31,32)/t16-,27?,37?/m1/s1. The van der Waals surface area contributed by atoms with E-state index in [1.807, 2.05) is 0 Å². The molecule has 2 heterocycles. The van der Waals surface area contributed by atoms with Crippen LogP contribution >= 0.6 is 0 Å². The first-order chi connectivity index (χ1) is 17.6. The molecule has 2 aromatic carbocycles. The van der Waals surface area contributed by atoms with E-state index in [0.717, 1.165) is 18.9 Å². The van der Waals surface area contributed by atoms with Crippen LogP contribution in [0.4, 0.5) is 18.9 Å². The lowest BCUT2D eigenvalue weighted by Crippen LogP contribution is -2.37. The number of fused-ring (bicyclic) bond motifs is 1. The average Bonchev–Trinajstić information content (AvgIpc) is 3.69. The Balaban J connectivity index is 1.49. The molecule has 1 saturated carbocycles. The van der Waals surface area contributed by atoms with Crippen LogP contribution in [0.3, 0.4) is 0 Å². The molecule has 3 aromatic rings. The summed E-state index contributed by atoms with van der Waals surface area (Å²) in [5.41, 5.74) is -0.0128. The second kappa shape index (κ2) is 9.79. The van der Waals surface area contributed by atoms with Gasteiger partial charge in [0.25, 0.3) is 6.43 Å². The number of methoxy groups -OCH3 is 1. The molecule has 0 amide bonds. The van der Waals surface area contributed by atoms with Crippen LogP contribution in [0.15, 0.2) is 47.0 Å². The zero-order chi connectivity index (χ0) is 26.4. The second-order valence-electron chi connectivity index (χ2n) is 9.89. The first kappa shape index (κ1) is 25.8. The van der Waals surface area contributed by atoms with Gasteiger partial charge in [0, 0.05) is 55.7 Å². The minimum atomic E-state index is -2.91. The number of ether oxygens (including phenoxy) is 1. The number of pyridine rings is 1. The molecule has 0 bridgehead atoms. The van der Waals surface area contributed by atoms with Crippen LogP contribution in [-0.4, -0.2) is 39.0 Å². The Hall–Kier alpha value is -2.85. The van der Waals surface area contributed by atoms with Crippen molar-refractivity contribution in [2.24, 2.45) is 4.36 Å². The van der Waals surface area contributed by atoms with E-state index in [0.29, 0.717) is 39.4 Å². The summed E-state index contributed by atoms with van der Waals surface area (Å²) in [4.78, 5) is 4.42. The molecule has 2 N–H and O–H groups in total. The highest BCUT2D eigenvalue weighted by Gasteiger charge is 2.39. The zero-order valence-corrected chi connectivity index (χ0v) is 21.5. The Morgan fingerprint density at radius 3 is 2.54 bits per heavy atom. The van der Waals surface area contributed by atoms with Gasteiger partial charge in [0.15, 0.2) is 0 Å². The van der Waals surface area contributed by atoms with Gasteiger partial charge in [-0.2, -0.15) is 0 Å². The Morgan fingerprint density at radius 1 is 1.19 bits per heavy atom. The number of alkyl halides is 2. The molecule has 2 aliphatic rings. The van der Waals surface area contributed by atoms with Gasteiger partial charge in [-0.25, -0.2) is 21.7 Å². The van der Waals surface area contributed by atoms with Crippen molar-refractivity contribution >= 4 is 26.3 Å². The van der Waals surface area contributed by atoms with Crippen molar-refractivity contribution in [1.29, 1.82) is 0 Å². The Morgan fingerprint density at radius 2 is 1.89 bits per heavy atom. The first-order valence-corrected chi connectivity index (χ1v) is 14.2. The quantitative estimate of drug-likeness (QED) is 0.383. The topological polar surface area (TPSA) is 83.8 Å². The number of benzene rings is 2. The summed E-state index contributed by atoms with van der Waals surface area (Å²) in [6.07, 6.45) is 1.22. The molecular weight excluding hydrogens is 503 g/mol. The molecule has 1 aliphatic carbocycles. The van der Waals surface area contributed by atoms with Crippen molar-refractivity contribution in [2.75, 3.05) is 23.9 Å². The third-order valence-corrected chi connectivity index (χ3v) is 9.62. The third-order valence-electron chi connectivity index (χ3n) is 7.25. The molecule has 1 saturated heterocycles. The van der Waals surface area contributed by atoms with E-state index >= 15 is 0 Å². The largest absolute Gasteiger partial charge is 0.496 e. The summed E-state index contributed by atoms with van der Waals surface area (Å²) in [6.45, 7) is 1.69. The number of aliphatic hydroxyl groups is 1. The Bertz CT molecular complexity index is 1440. The summed E-state index contributed by atoms with van der Waals surface area (Å²) in [7, 11) is -0.807. The Labute approximate surface area is 214 Å². The molecule has 37 heavy (non-hydrogen) atoms. The summed E-state index contributed by atoms with van der Waals surface area (Å²) in [6, 6.07) is 8.80. The number of nitrogens with zero attached hydrogens (tertiary/aromatic N) is 2. The van der Waals surface area contributed by atoms with E-state index in [1.54, 1.807) is 31.3 Å². The maximum absolute atomic E-state index is 14.8. The molecule has 0 radical (unpaired) electrons. The van der Waals surface area contributed by atoms with Crippen molar-refractivity contribution in [3.8, 4) is 5.75 Å². The van der Waals surface area contributed by atoms with E-state index in [4.69, 9.17) is 4.74 Å². The predicted octanol–water partition coefficient (Wildman–Crippen LogP) is 6.11. The number of anilines is 1. The van der Waals surface area contributed by atoms with Gasteiger partial charge in [-0.15, -0.1) is 0 Å². The summed E-state index contributed by atoms with van der Waals surface area (Å²) >= 11 is 0. The maximum Gasteiger partial charge on any atom is 0.266 e. The van der Waals surface area contributed by atoms with Crippen LogP contribution in [-0.2, 0) is 15.3 Å². The van der Waals surface area contributed by atoms with Crippen LogP contribution in [0.25, 0.3) is 10.9 Å². The van der Waals surface area contributed by atoms with E-state index in [2.05, 4.69) is 14.7 Å². The van der Waals surface area contributed by atoms with Crippen LogP contribution in [0.5, 0.6) is 5.75 Å². The SMILES string of the molecule is COc1cc2nccc(N[C@H](C)c3cccc(C(F)F)c3F)c2cc1C1(O)CCS(=O)(=NC2CC2)CC1. The summed E-state index contributed by atoms with van der Waals surface area (Å²) in [5, 5.41) is 15.5. The zero-order valence-electron chi connectivity index (χ0n) is 20.7. The minimum Gasteiger partial charge on any atom is -0.496 e. The van der Waals surface area contributed by atoms with Gasteiger partial charge in [0.2, 0.25) is 0 Å². The Kier molecular flexibility index (Phi) is 6.83. The normalized spacial score (nSPS) is 24.7. The molecule has 1 aliphatic heterocycles. The average molecular weight is 534 g/mol. The van der Waals surface area contributed by atoms with Gasteiger partial charge in [-0.05, 0) is 44.7 Å². The number of hydrogen-bond donors (Lipinski definition) is 2. The highest BCUT2D eigenvalue weighted by molar-refractivity contribution is 7.93. The molecule has 6 nitrogen and oxygen atoms in total. The molecule has 10 heteroatoms. The first-order valence-electron chi connectivity index (χ1n) is 12.4. The van der Waals surface area contributed by atoms with Crippen molar-refractivity contribution < 1.29 is 27.2 Å². The van der Waals surface area contributed by atoms with Crippen molar-refractivity contribution in [3.05, 3.63) is 65.1 Å². The number of halogens is 3. The van der Waals surface area contributed by atoms with Gasteiger partial charge in [-0.3, -0.25) is 4.98 Å². The van der Waals surface area contributed by atoms with Gasteiger partial charge in [0.1, 0.15) is 11.6 Å². The number of aromatic nitrogens is 1. The third kappa shape index (κ3) is 5.13. The van der Waals surface area contributed by atoms with Crippen molar-refractivity contribution in [3.63, 3.8) is 0 Å².